The molecule has 3 N–H and O–H groups in total. The molecule has 1 aliphatic carbocycles. The third-order valence-corrected chi connectivity index (χ3v) is 9.35. The van der Waals surface area contributed by atoms with Crippen LogP contribution >= 0.6 is 11.3 Å². The van der Waals surface area contributed by atoms with Gasteiger partial charge in [-0.05, 0) is 54.8 Å². The van der Waals surface area contributed by atoms with E-state index in [0.29, 0.717) is 29.0 Å². The number of nitrogens with one attached hydrogen (secondary N) is 3. The molecule has 2 atom stereocenters. The molecule has 0 radical (unpaired) electrons. The summed E-state index contributed by atoms with van der Waals surface area (Å²) >= 11 is 1.10. The number of hydrogen-bond acceptors (Lipinski definition) is 5. The Hall–Kier alpha value is -2.73. The number of sulfonamides is 1. The predicted molar refractivity (Wildman–Crippen MR) is 137 cm³/mol. The Bertz CT molecular complexity index is 1290. The summed E-state index contributed by atoms with van der Waals surface area (Å²) in [6.45, 7) is 0.556. The lowest BCUT2D eigenvalue weighted by atomic mass is 9.91. The quantitative estimate of drug-likeness (QED) is 0.346. The first kappa shape index (κ1) is 27.3. The third kappa shape index (κ3) is 7.41. The number of halogens is 3. The zero-order valence-electron chi connectivity index (χ0n) is 19.9. The maximum atomic E-state index is 13.1. The van der Waals surface area contributed by atoms with Crippen LogP contribution in [0.5, 0.6) is 0 Å². The maximum Gasteiger partial charge on any atom is 0.416 e. The van der Waals surface area contributed by atoms with Crippen molar-refractivity contribution in [1.29, 1.82) is 0 Å². The molecule has 1 saturated carbocycles. The lowest BCUT2D eigenvalue weighted by molar-refractivity contribution is -0.137. The molecule has 3 aromatic rings. The molecule has 2 unspecified atom stereocenters. The summed E-state index contributed by atoms with van der Waals surface area (Å²) in [7, 11) is -3.78. The van der Waals surface area contributed by atoms with Gasteiger partial charge in [-0.2, -0.15) is 13.2 Å². The number of benzene rings is 2. The number of carbonyl (C=O) groups is 1. The highest BCUT2D eigenvalue weighted by Gasteiger charge is 2.31. The van der Waals surface area contributed by atoms with Gasteiger partial charge in [0.25, 0.3) is 5.91 Å². The maximum absolute atomic E-state index is 13.1. The first-order valence-electron chi connectivity index (χ1n) is 12.0. The summed E-state index contributed by atoms with van der Waals surface area (Å²) in [4.78, 5) is 13.0. The molecule has 37 heavy (non-hydrogen) atoms. The van der Waals surface area contributed by atoms with Crippen LogP contribution in [0.1, 0.15) is 52.0 Å². The highest BCUT2D eigenvalue weighted by molar-refractivity contribution is 7.91. The summed E-state index contributed by atoms with van der Waals surface area (Å²) in [6, 6.07) is 16.5. The largest absolute Gasteiger partial charge is 0.416 e. The molecule has 0 spiro atoms. The molecule has 11 heteroatoms. The fourth-order valence-corrected chi connectivity index (χ4v) is 6.91. The zero-order valence-corrected chi connectivity index (χ0v) is 21.6. The lowest BCUT2D eigenvalue weighted by Crippen LogP contribution is -2.51. The van der Waals surface area contributed by atoms with Crippen LogP contribution in [0.15, 0.2) is 70.9 Å². The topological polar surface area (TPSA) is 87.3 Å². The van der Waals surface area contributed by atoms with Crippen molar-refractivity contribution in [1.82, 2.24) is 15.4 Å². The number of rotatable bonds is 9. The molecule has 6 nitrogen and oxygen atoms in total. The Morgan fingerprint density at radius 1 is 0.892 bits per heavy atom. The van der Waals surface area contributed by atoms with Crippen LogP contribution in [-0.4, -0.2) is 26.4 Å². The average Bonchev–Trinajstić information content (AvgIpc) is 3.37. The Balaban J connectivity index is 1.34. The zero-order chi connectivity index (χ0) is 26.5. The van der Waals surface area contributed by atoms with Crippen LogP contribution in [0.3, 0.4) is 0 Å². The fraction of sp³-hybridized carbons (Fsp3) is 0.346. The van der Waals surface area contributed by atoms with Crippen LogP contribution in [0, 0.1) is 0 Å². The van der Waals surface area contributed by atoms with Crippen molar-refractivity contribution in [3.05, 3.63) is 88.3 Å². The van der Waals surface area contributed by atoms with Gasteiger partial charge in [-0.3, -0.25) is 4.79 Å². The average molecular weight is 552 g/mol. The van der Waals surface area contributed by atoms with E-state index in [4.69, 9.17) is 0 Å². The van der Waals surface area contributed by atoms with Crippen LogP contribution < -0.4 is 15.4 Å². The Morgan fingerprint density at radius 2 is 1.57 bits per heavy atom. The molecule has 0 aliphatic heterocycles. The van der Waals surface area contributed by atoms with Gasteiger partial charge in [0.15, 0.2) is 0 Å². The van der Waals surface area contributed by atoms with Crippen molar-refractivity contribution in [2.24, 2.45) is 0 Å². The van der Waals surface area contributed by atoms with Crippen LogP contribution in [0.4, 0.5) is 13.2 Å². The van der Waals surface area contributed by atoms with Gasteiger partial charge >= 0.3 is 6.18 Å². The van der Waals surface area contributed by atoms with Crippen molar-refractivity contribution in [2.75, 3.05) is 0 Å². The number of alkyl halides is 3. The molecule has 0 bridgehead atoms. The first-order chi connectivity index (χ1) is 17.6. The van der Waals surface area contributed by atoms with Gasteiger partial charge in [0.1, 0.15) is 4.21 Å². The second-order valence-corrected chi connectivity index (χ2v) is 12.1. The minimum absolute atomic E-state index is 0.143. The van der Waals surface area contributed by atoms with E-state index in [1.165, 1.54) is 18.2 Å². The minimum Gasteiger partial charge on any atom is -0.347 e. The van der Waals surface area contributed by atoms with Gasteiger partial charge < -0.3 is 10.6 Å². The summed E-state index contributed by atoms with van der Waals surface area (Å²) in [5.74, 6) is -0.235. The van der Waals surface area contributed by atoms with E-state index >= 15 is 0 Å². The van der Waals surface area contributed by atoms with E-state index in [2.05, 4.69) is 15.4 Å². The van der Waals surface area contributed by atoms with Gasteiger partial charge in [0.05, 0.1) is 12.1 Å². The third-order valence-electron chi connectivity index (χ3n) is 6.28. The number of hydrogen-bond donors (Lipinski definition) is 3. The monoisotopic (exact) mass is 551 g/mol. The summed E-state index contributed by atoms with van der Waals surface area (Å²) in [5.41, 5.74) is 0.524. The lowest BCUT2D eigenvalue weighted by Gasteiger charge is -2.32. The Labute approximate surface area is 218 Å². The molecule has 1 heterocycles. The van der Waals surface area contributed by atoms with Crippen molar-refractivity contribution in [3.63, 3.8) is 0 Å². The van der Waals surface area contributed by atoms with E-state index in [1.807, 2.05) is 6.07 Å². The van der Waals surface area contributed by atoms with Gasteiger partial charge in [-0.15, -0.1) is 11.3 Å². The standard InChI is InChI=1S/C26H28F3N3O3S2/c27-26(28,29)20-12-10-18(11-13-20)16-30-22-8-4-5-9-23(22)32-37(34,35)24-15-14-21(36-24)17-31-25(33)19-6-2-1-3-7-19/h1-3,6-7,10-15,22-23,30,32H,4-5,8-9,16-17H2,(H,31,33). The van der Waals surface area contributed by atoms with Crippen molar-refractivity contribution in [2.45, 2.75) is 61.2 Å². The van der Waals surface area contributed by atoms with Crippen LogP contribution in [0.2, 0.25) is 0 Å². The molecule has 2 aromatic carbocycles. The van der Waals surface area contributed by atoms with Gasteiger partial charge in [0, 0.05) is 29.1 Å². The van der Waals surface area contributed by atoms with E-state index in [-0.39, 0.29) is 28.7 Å². The molecular formula is C26H28F3N3O3S2. The summed E-state index contributed by atoms with van der Waals surface area (Å²) < 4.78 is 67.6. The SMILES string of the molecule is O=C(NCc1ccc(S(=O)(=O)NC2CCCCC2NCc2ccc(C(F)(F)F)cc2)s1)c1ccccc1. The second kappa shape index (κ2) is 11.8. The molecule has 1 fully saturated rings. The minimum atomic E-state index is -4.38. The van der Waals surface area contributed by atoms with E-state index in [0.717, 1.165) is 42.7 Å². The van der Waals surface area contributed by atoms with Gasteiger partial charge in [-0.1, -0.05) is 43.2 Å². The van der Waals surface area contributed by atoms with Crippen LogP contribution in [-0.2, 0) is 29.3 Å². The number of thiophene rings is 1. The van der Waals surface area contributed by atoms with E-state index in [9.17, 15) is 26.4 Å². The molecule has 1 amide bonds. The first-order valence-corrected chi connectivity index (χ1v) is 14.3. The Kier molecular flexibility index (Phi) is 8.68. The van der Waals surface area contributed by atoms with Crippen molar-refractivity contribution in [3.8, 4) is 0 Å². The highest BCUT2D eigenvalue weighted by atomic mass is 32.2. The molecule has 1 aliphatic rings. The second-order valence-electron chi connectivity index (χ2n) is 8.96. The predicted octanol–water partition coefficient (Wildman–Crippen LogP) is 5.08. The molecule has 1 aromatic heterocycles. The molecule has 198 valence electrons. The number of amides is 1. The van der Waals surface area contributed by atoms with Gasteiger partial charge in [-0.25, -0.2) is 13.1 Å². The normalized spacial score (nSPS) is 18.5. The highest BCUT2D eigenvalue weighted by Crippen LogP contribution is 2.29. The van der Waals surface area contributed by atoms with Crippen LogP contribution in [0.25, 0.3) is 0 Å². The molecule has 0 saturated heterocycles. The van der Waals surface area contributed by atoms with Crippen molar-refractivity contribution >= 4 is 27.3 Å². The molecular weight excluding hydrogens is 523 g/mol. The summed E-state index contributed by atoms with van der Waals surface area (Å²) in [5, 5.41) is 6.12. The Morgan fingerprint density at radius 3 is 2.24 bits per heavy atom. The molecule has 4 rings (SSSR count). The van der Waals surface area contributed by atoms with Crippen molar-refractivity contribution < 1.29 is 26.4 Å². The van der Waals surface area contributed by atoms with E-state index < -0.39 is 21.8 Å². The fourth-order valence-electron chi connectivity index (χ4n) is 4.29. The van der Waals surface area contributed by atoms with E-state index in [1.54, 1.807) is 30.3 Å². The van der Waals surface area contributed by atoms with Gasteiger partial charge in [0.2, 0.25) is 10.0 Å². The smallest absolute Gasteiger partial charge is 0.347 e. The summed E-state index contributed by atoms with van der Waals surface area (Å²) in [6.07, 6.45) is -1.14. The number of carbonyl (C=O) groups excluding carboxylic acids is 1.